The maximum Gasteiger partial charge on any atom is 0.272 e. The number of anilines is 2. The summed E-state index contributed by atoms with van der Waals surface area (Å²) in [6.45, 7) is 7.26. The van der Waals surface area contributed by atoms with E-state index in [2.05, 4.69) is 46.2 Å². The standard InChI is InChI=1S/C19H25N5O/c1-3-15(2)22-18-13-17(20-14-21-18)19(25)24-11-9-23(10-12-24)16-7-5-4-6-8-16/h4-8,13-15H,3,9-12H2,1-2H3,(H,20,21,22). The highest BCUT2D eigenvalue weighted by molar-refractivity contribution is 5.93. The van der Waals surface area contributed by atoms with Crippen LogP contribution in [0.25, 0.3) is 0 Å². The average Bonchev–Trinajstić information content (AvgIpc) is 2.68. The molecule has 6 nitrogen and oxygen atoms in total. The summed E-state index contributed by atoms with van der Waals surface area (Å²) in [4.78, 5) is 25.3. The van der Waals surface area contributed by atoms with Crippen LogP contribution in [0.15, 0.2) is 42.7 Å². The van der Waals surface area contributed by atoms with Crippen molar-refractivity contribution in [3.63, 3.8) is 0 Å². The van der Waals surface area contributed by atoms with Gasteiger partial charge in [0.1, 0.15) is 17.8 Å². The lowest BCUT2D eigenvalue weighted by atomic mass is 10.2. The summed E-state index contributed by atoms with van der Waals surface area (Å²) in [7, 11) is 0. The van der Waals surface area contributed by atoms with Crippen molar-refractivity contribution in [2.75, 3.05) is 36.4 Å². The zero-order valence-electron chi connectivity index (χ0n) is 14.9. The molecule has 1 aliphatic rings. The fourth-order valence-electron chi connectivity index (χ4n) is 2.88. The molecule has 3 rings (SSSR count). The molecule has 0 radical (unpaired) electrons. The molecule has 6 heteroatoms. The van der Waals surface area contributed by atoms with Gasteiger partial charge in [-0.1, -0.05) is 25.1 Å². The minimum absolute atomic E-state index is 0.0256. The molecular weight excluding hydrogens is 314 g/mol. The summed E-state index contributed by atoms with van der Waals surface area (Å²) in [6.07, 6.45) is 2.45. The summed E-state index contributed by atoms with van der Waals surface area (Å²) in [5.74, 6) is 0.679. The summed E-state index contributed by atoms with van der Waals surface area (Å²) in [5, 5.41) is 3.29. The molecule has 1 saturated heterocycles. The third-order valence-corrected chi connectivity index (χ3v) is 4.58. The van der Waals surface area contributed by atoms with E-state index in [9.17, 15) is 4.79 Å². The minimum atomic E-state index is -0.0256. The summed E-state index contributed by atoms with van der Waals surface area (Å²) in [5.41, 5.74) is 1.66. The van der Waals surface area contributed by atoms with Crippen LogP contribution in [-0.4, -0.2) is 53.0 Å². The Morgan fingerprint density at radius 1 is 1.16 bits per heavy atom. The molecule has 0 saturated carbocycles. The zero-order valence-corrected chi connectivity index (χ0v) is 14.9. The molecule has 0 aliphatic carbocycles. The van der Waals surface area contributed by atoms with Crippen LogP contribution < -0.4 is 10.2 Å². The van der Waals surface area contributed by atoms with E-state index in [0.717, 1.165) is 19.5 Å². The van der Waals surface area contributed by atoms with E-state index in [4.69, 9.17) is 0 Å². The number of carbonyl (C=O) groups excluding carboxylic acids is 1. The van der Waals surface area contributed by atoms with Crippen LogP contribution in [0.5, 0.6) is 0 Å². The van der Waals surface area contributed by atoms with Gasteiger partial charge in [-0.15, -0.1) is 0 Å². The number of benzene rings is 1. The highest BCUT2D eigenvalue weighted by atomic mass is 16.2. The van der Waals surface area contributed by atoms with Crippen LogP contribution in [0.3, 0.4) is 0 Å². The fraction of sp³-hybridized carbons (Fsp3) is 0.421. The summed E-state index contributed by atoms with van der Waals surface area (Å²) in [6, 6.07) is 12.4. The highest BCUT2D eigenvalue weighted by Gasteiger charge is 2.23. The van der Waals surface area contributed by atoms with Gasteiger partial charge in [-0.05, 0) is 25.5 Å². The Bertz CT molecular complexity index is 698. The predicted octanol–water partition coefficient (Wildman–Crippen LogP) is 2.65. The lowest BCUT2D eigenvalue weighted by Crippen LogP contribution is -2.49. The van der Waals surface area contributed by atoms with Crippen molar-refractivity contribution < 1.29 is 4.79 Å². The van der Waals surface area contributed by atoms with Crippen molar-refractivity contribution >= 4 is 17.4 Å². The normalized spacial score (nSPS) is 15.8. The molecule has 1 atom stereocenters. The molecule has 1 amide bonds. The third kappa shape index (κ3) is 4.26. The quantitative estimate of drug-likeness (QED) is 0.907. The number of piperazine rings is 1. The number of hydrogen-bond donors (Lipinski definition) is 1. The van der Waals surface area contributed by atoms with E-state index in [-0.39, 0.29) is 5.91 Å². The van der Waals surface area contributed by atoms with Crippen LogP contribution in [-0.2, 0) is 0 Å². The molecule has 1 aromatic carbocycles. The molecule has 1 N–H and O–H groups in total. The molecule has 132 valence electrons. The fourth-order valence-corrected chi connectivity index (χ4v) is 2.88. The lowest BCUT2D eigenvalue weighted by molar-refractivity contribution is 0.0740. The van der Waals surface area contributed by atoms with Crippen LogP contribution in [0.4, 0.5) is 11.5 Å². The second-order valence-electron chi connectivity index (χ2n) is 6.36. The number of nitrogens with zero attached hydrogens (tertiary/aromatic N) is 4. The van der Waals surface area contributed by atoms with E-state index < -0.39 is 0 Å². The smallest absolute Gasteiger partial charge is 0.272 e. The van der Waals surface area contributed by atoms with Gasteiger partial charge < -0.3 is 15.1 Å². The Kier molecular flexibility index (Phi) is 5.48. The maximum atomic E-state index is 12.7. The number of para-hydroxylation sites is 1. The monoisotopic (exact) mass is 339 g/mol. The SMILES string of the molecule is CCC(C)Nc1cc(C(=O)N2CCN(c3ccccc3)CC2)ncn1. The van der Waals surface area contributed by atoms with Gasteiger partial charge in [-0.25, -0.2) is 9.97 Å². The van der Waals surface area contributed by atoms with Gasteiger partial charge in [0.25, 0.3) is 5.91 Å². The van der Waals surface area contributed by atoms with Gasteiger partial charge in [0.05, 0.1) is 0 Å². The molecule has 2 heterocycles. The summed E-state index contributed by atoms with van der Waals surface area (Å²) >= 11 is 0. The Morgan fingerprint density at radius 3 is 2.56 bits per heavy atom. The first-order valence-electron chi connectivity index (χ1n) is 8.85. The molecule has 1 unspecified atom stereocenters. The van der Waals surface area contributed by atoms with Crippen molar-refractivity contribution in [1.82, 2.24) is 14.9 Å². The van der Waals surface area contributed by atoms with Crippen LogP contribution in [0.2, 0.25) is 0 Å². The molecule has 25 heavy (non-hydrogen) atoms. The van der Waals surface area contributed by atoms with Crippen molar-refractivity contribution in [2.24, 2.45) is 0 Å². The average molecular weight is 339 g/mol. The first-order valence-corrected chi connectivity index (χ1v) is 8.85. The van der Waals surface area contributed by atoms with E-state index in [0.29, 0.717) is 30.6 Å². The molecule has 1 fully saturated rings. The maximum absolute atomic E-state index is 12.7. The number of carbonyl (C=O) groups is 1. The number of amides is 1. The second kappa shape index (κ2) is 7.96. The molecular formula is C19H25N5O. The van der Waals surface area contributed by atoms with Crippen LogP contribution in [0, 0.1) is 0 Å². The van der Waals surface area contributed by atoms with E-state index >= 15 is 0 Å². The van der Waals surface area contributed by atoms with Crippen LogP contribution >= 0.6 is 0 Å². The van der Waals surface area contributed by atoms with Crippen LogP contribution in [0.1, 0.15) is 30.8 Å². The molecule has 0 spiro atoms. The first-order chi connectivity index (χ1) is 12.2. The number of nitrogens with one attached hydrogen (secondary N) is 1. The zero-order chi connectivity index (χ0) is 17.6. The van der Waals surface area contributed by atoms with Gasteiger partial charge in [0.15, 0.2) is 0 Å². The largest absolute Gasteiger partial charge is 0.368 e. The molecule has 1 aromatic heterocycles. The number of hydrogen-bond acceptors (Lipinski definition) is 5. The Labute approximate surface area is 148 Å². The van der Waals surface area contributed by atoms with E-state index in [1.165, 1.54) is 12.0 Å². The molecule has 2 aromatic rings. The molecule has 1 aliphatic heterocycles. The van der Waals surface area contributed by atoms with Gasteiger partial charge >= 0.3 is 0 Å². The van der Waals surface area contributed by atoms with E-state index in [1.54, 1.807) is 6.07 Å². The Morgan fingerprint density at radius 2 is 1.88 bits per heavy atom. The molecule has 0 bridgehead atoms. The van der Waals surface area contributed by atoms with Gasteiger partial charge in [0, 0.05) is 44.0 Å². The highest BCUT2D eigenvalue weighted by Crippen LogP contribution is 2.17. The van der Waals surface area contributed by atoms with Gasteiger partial charge in [-0.2, -0.15) is 0 Å². The Hall–Kier alpha value is -2.63. The predicted molar refractivity (Wildman–Crippen MR) is 100.0 cm³/mol. The van der Waals surface area contributed by atoms with E-state index in [1.807, 2.05) is 23.1 Å². The van der Waals surface area contributed by atoms with Crippen molar-refractivity contribution in [3.8, 4) is 0 Å². The topological polar surface area (TPSA) is 61.4 Å². The first kappa shape index (κ1) is 17.2. The number of aromatic nitrogens is 2. The minimum Gasteiger partial charge on any atom is -0.368 e. The van der Waals surface area contributed by atoms with Crippen molar-refractivity contribution in [2.45, 2.75) is 26.3 Å². The van der Waals surface area contributed by atoms with Crippen molar-refractivity contribution in [1.29, 1.82) is 0 Å². The third-order valence-electron chi connectivity index (χ3n) is 4.58. The van der Waals surface area contributed by atoms with Crippen molar-refractivity contribution in [3.05, 3.63) is 48.4 Å². The number of rotatable bonds is 5. The summed E-state index contributed by atoms with van der Waals surface area (Å²) < 4.78 is 0. The lowest BCUT2D eigenvalue weighted by Gasteiger charge is -2.36. The van der Waals surface area contributed by atoms with Gasteiger partial charge in [0.2, 0.25) is 0 Å². The second-order valence-corrected chi connectivity index (χ2v) is 6.36. The van der Waals surface area contributed by atoms with Gasteiger partial charge in [-0.3, -0.25) is 4.79 Å². The Balaban J connectivity index is 1.62.